The lowest BCUT2D eigenvalue weighted by atomic mass is 10.2. The Balaban J connectivity index is 2.11. The predicted octanol–water partition coefficient (Wildman–Crippen LogP) is 2.43. The predicted molar refractivity (Wildman–Crippen MR) is 55.8 cm³/mol. The number of hydrogen-bond donors (Lipinski definition) is 1. The van der Waals surface area contributed by atoms with Crippen LogP contribution in [0.2, 0.25) is 0 Å². The standard InChI is InChI=1S/C11H11F3N2O2/c1-7-4-9(18-15-7)6-16-3-2-8(5-16)10(17)11(12,13)14/h2-5,10,17H,6H2,1H3. The van der Waals surface area contributed by atoms with Crippen molar-refractivity contribution in [1.29, 1.82) is 0 Å². The van der Waals surface area contributed by atoms with Gasteiger partial charge in [0.05, 0.1) is 12.2 Å². The average molecular weight is 260 g/mol. The third-order valence-electron chi connectivity index (χ3n) is 2.41. The van der Waals surface area contributed by atoms with E-state index in [4.69, 9.17) is 9.63 Å². The number of aromatic nitrogens is 2. The fraction of sp³-hybridized carbons (Fsp3) is 0.364. The monoisotopic (exact) mass is 260 g/mol. The van der Waals surface area contributed by atoms with Gasteiger partial charge in [-0.25, -0.2) is 0 Å². The van der Waals surface area contributed by atoms with Crippen molar-refractivity contribution in [3.63, 3.8) is 0 Å². The van der Waals surface area contributed by atoms with E-state index in [1.54, 1.807) is 13.0 Å². The Hall–Kier alpha value is -1.76. The second-order valence-corrected chi connectivity index (χ2v) is 4.00. The smallest absolute Gasteiger partial charge is 0.379 e. The number of rotatable bonds is 3. The fourth-order valence-electron chi connectivity index (χ4n) is 1.58. The summed E-state index contributed by atoms with van der Waals surface area (Å²) >= 11 is 0. The van der Waals surface area contributed by atoms with Crippen molar-refractivity contribution in [1.82, 2.24) is 9.72 Å². The van der Waals surface area contributed by atoms with E-state index < -0.39 is 12.3 Å². The van der Waals surface area contributed by atoms with Crippen LogP contribution in [-0.2, 0) is 6.54 Å². The topological polar surface area (TPSA) is 51.2 Å². The number of nitrogens with zero attached hydrogens (tertiary/aromatic N) is 2. The second-order valence-electron chi connectivity index (χ2n) is 4.00. The van der Waals surface area contributed by atoms with Gasteiger partial charge in [0, 0.05) is 24.0 Å². The Morgan fingerprint density at radius 2 is 2.22 bits per heavy atom. The Morgan fingerprint density at radius 1 is 1.50 bits per heavy atom. The van der Waals surface area contributed by atoms with Crippen LogP contribution in [0.4, 0.5) is 13.2 Å². The van der Waals surface area contributed by atoms with Gasteiger partial charge < -0.3 is 14.2 Å². The summed E-state index contributed by atoms with van der Waals surface area (Å²) in [5, 5.41) is 12.7. The number of aryl methyl sites for hydroxylation is 1. The van der Waals surface area contributed by atoms with Crippen molar-refractivity contribution in [2.24, 2.45) is 0 Å². The molecule has 98 valence electrons. The molecule has 2 aromatic rings. The molecule has 2 rings (SSSR count). The number of halogens is 3. The molecule has 0 radical (unpaired) electrons. The highest BCUT2D eigenvalue weighted by atomic mass is 19.4. The first kappa shape index (κ1) is 12.7. The molecule has 0 fully saturated rings. The molecule has 1 N–H and O–H groups in total. The van der Waals surface area contributed by atoms with Gasteiger partial charge in [-0.05, 0) is 13.0 Å². The first-order valence-electron chi connectivity index (χ1n) is 5.19. The summed E-state index contributed by atoms with van der Waals surface area (Å²) < 4.78 is 43.3. The molecule has 1 atom stereocenters. The quantitative estimate of drug-likeness (QED) is 0.922. The summed E-state index contributed by atoms with van der Waals surface area (Å²) in [7, 11) is 0. The SMILES string of the molecule is Cc1cc(Cn2ccc(C(O)C(F)(F)F)c2)on1. The van der Waals surface area contributed by atoms with Crippen LogP contribution in [0.5, 0.6) is 0 Å². The van der Waals surface area contributed by atoms with Gasteiger partial charge in [0.1, 0.15) is 0 Å². The normalized spacial score (nSPS) is 13.8. The third kappa shape index (κ3) is 2.73. The molecule has 0 aliphatic carbocycles. The highest BCUT2D eigenvalue weighted by Crippen LogP contribution is 2.32. The van der Waals surface area contributed by atoms with Gasteiger partial charge in [0.25, 0.3) is 0 Å². The molecular weight excluding hydrogens is 249 g/mol. The molecular formula is C11H11F3N2O2. The molecule has 0 bridgehead atoms. The highest BCUT2D eigenvalue weighted by molar-refractivity contribution is 5.16. The molecule has 2 aromatic heterocycles. The zero-order chi connectivity index (χ0) is 13.3. The van der Waals surface area contributed by atoms with E-state index in [1.165, 1.54) is 23.0 Å². The Bertz CT molecular complexity index is 530. The van der Waals surface area contributed by atoms with Crippen LogP contribution in [0.3, 0.4) is 0 Å². The number of aliphatic hydroxyl groups is 1. The van der Waals surface area contributed by atoms with Crippen molar-refractivity contribution in [2.45, 2.75) is 25.7 Å². The summed E-state index contributed by atoms with van der Waals surface area (Å²) in [6, 6.07) is 2.92. The molecule has 1 unspecified atom stereocenters. The van der Waals surface area contributed by atoms with Crippen LogP contribution < -0.4 is 0 Å². The number of alkyl halides is 3. The van der Waals surface area contributed by atoms with E-state index in [0.29, 0.717) is 11.5 Å². The lowest BCUT2D eigenvalue weighted by Crippen LogP contribution is -2.19. The minimum absolute atomic E-state index is 0.196. The van der Waals surface area contributed by atoms with E-state index in [0.717, 1.165) is 0 Å². The van der Waals surface area contributed by atoms with Crippen molar-refractivity contribution >= 4 is 0 Å². The average Bonchev–Trinajstić information content (AvgIpc) is 2.86. The molecule has 2 heterocycles. The van der Waals surface area contributed by atoms with Gasteiger partial charge in [0.15, 0.2) is 11.9 Å². The molecule has 0 aliphatic rings. The summed E-state index contributed by atoms with van der Waals surface area (Å²) in [6.07, 6.45) is -4.44. The van der Waals surface area contributed by atoms with Gasteiger partial charge >= 0.3 is 6.18 Å². The zero-order valence-corrected chi connectivity index (χ0v) is 9.48. The molecule has 0 aliphatic heterocycles. The maximum absolute atomic E-state index is 12.3. The van der Waals surface area contributed by atoms with Gasteiger partial charge in [-0.1, -0.05) is 5.16 Å². The van der Waals surface area contributed by atoms with E-state index in [2.05, 4.69) is 5.16 Å². The largest absolute Gasteiger partial charge is 0.418 e. The zero-order valence-electron chi connectivity index (χ0n) is 9.48. The van der Waals surface area contributed by atoms with Crippen LogP contribution in [0.1, 0.15) is 23.1 Å². The number of aliphatic hydroxyl groups excluding tert-OH is 1. The minimum atomic E-state index is -4.66. The first-order chi connectivity index (χ1) is 8.36. The van der Waals surface area contributed by atoms with Gasteiger partial charge in [-0.2, -0.15) is 13.2 Å². The highest BCUT2D eigenvalue weighted by Gasteiger charge is 2.39. The molecule has 0 amide bonds. The first-order valence-corrected chi connectivity index (χ1v) is 5.19. The van der Waals surface area contributed by atoms with Crippen LogP contribution in [-0.4, -0.2) is 21.0 Å². The molecule has 0 aromatic carbocycles. The number of hydrogen-bond acceptors (Lipinski definition) is 3. The van der Waals surface area contributed by atoms with E-state index >= 15 is 0 Å². The van der Waals surface area contributed by atoms with Crippen molar-refractivity contribution < 1.29 is 22.8 Å². The van der Waals surface area contributed by atoms with Gasteiger partial charge in [0.2, 0.25) is 0 Å². The van der Waals surface area contributed by atoms with E-state index in [-0.39, 0.29) is 12.1 Å². The van der Waals surface area contributed by atoms with Crippen molar-refractivity contribution in [3.05, 3.63) is 41.5 Å². The van der Waals surface area contributed by atoms with Gasteiger partial charge in [-0.3, -0.25) is 0 Å². The molecule has 4 nitrogen and oxygen atoms in total. The second kappa shape index (κ2) is 4.49. The van der Waals surface area contributed by atoms with Crippen molar-refractivity contribution in [3.8, 4) is 0 Å². The van der Waals surface area contributed by atoms with Crippen LogP contribution in [0.25, 0.3) is 0 Å². The van der Waals surface area contributed by atoms with E-state index in [9.17, 15) is 13.2 Å². The maximum Gasteiger partial charge on any atom is 0.418 e. The Labute approximate surface area is 101 Å². The lowest BCUT2D eigenvalue weighted by molar-refractivity contribution is -0.206. The van der Waals surface area contributed by atoms with Crippen LogP contribution in [0.15, 0.2) is 29.0 Å². The Morgan fingerprint density at radius 3 is 2.78 bits per heavy atom. The molecule has 0 spiro atoms. The van der Waals surface area contributed by atoms with Crippen LogP contribution in [0, 0.1) is 6.92 Å². The van der Waals surface area contributed by atoms with Crippen molar-refractivity contribution in [2.75, 3.05) is 0 Å². The summed E-state index contributed by atoms with van der Waals surface area (Å²) in [5.41, 5.74) is 0.506. The fourth-order valence-corrected chi connectivity index (χ4v) is 1.58. The maximum atomic E-state index is 12.3. The molecule has 18 heavy (non-hydrogen) atoms. The molecule has 7 heteroatoms. The van der Waals surface area contributed by atoms with Crippen LogP contribution >= 0.6 is 0 Å². The summed E-state index contributed by atoms with van der Waals surface area (Å²) in [5.74, 6) is 0.538. The van der Waals surface area contributed by atoms with E-state index in [1.807, 2.05) is 0 Å². The molecule has 0 saturated carbocycles. The summed E-state index contributed by atoms with van der Waals surface area (Å²) in [6.45, 7) is 2.02. The minimum Gasteiger partial charge on any atom is -0.379 e. The summed E-state index contributed by atoms with van der Waals surface area (Å²) in [4.78, 5) is 0. The Kier molecular flexibility index (Phi) is 3.16. The lowest BCUT2D eigenvalue weighted by Gasteiger charge is -2.12. The van der Waals surface area contributed by atoms with Gasteiger partial charge in [-0.15, -0.1) is 0 Å². The molecule has 0 saturated heterocycles. The third-order valence-corrected chi connectivity index (χ3v) is 2.41.